The second-order valence-electron chi connectivity index (χ2n) is 14.3. The van der Waals surface area contributed by atoms with Gasteiger partial charge in [0.25, 0.3) is 0 Å². The monoisotopic (exact) mass is 771 g/mol. The molecule has 278 valence electrons. The Morgan fingerprint density at radius 3 is 2.50 bits per heavy atom. The molecule has 50 heavy (non-hydrogen) atoms. The second-order valence-corrected chi connectivity index (χ2v) is 18.8. The molecule has 3 amide bonds. The Labute approximate surface area is 310 Å². The van der Waals surface area contributed by atoms with Gasteiger partial charge < -0.3 is 30.2 Å². The van der Waals surface area contributed by atoms with Crippen molar-refractivity contribution in [3.05, 3.63) is 28.2 Å². The number of nitrogens with zero attached hydrogens (tertiary/aromatic N) is 2. The molecule has 2 aliphatic rings. The number of hydrogen-bond donors (Lipinski definition) is 3. The molecule has 1 aromatic heterocycles. The minimum absolute atomic E-state index is 0.116. The van der Waals surface area contributed by atoms with Gasteiger partial charge in [0.15, 0.2) is 0 Å². The van der Waals surface area contributed by atoms with Crippen LogP contribution in [0, 0.1) is 5.92 Å². The molecule has 0 radical (unpaired) electrons. The predicted molar refractivity (Wildman–Crippen MR) is 200 cm³/mol. The number of thioether (sulfide) groups is 1. The molecule has 0 saturated carbocycles. The van der Waals surface area contributed by atoms with E-state index in [0.29, 0.717) is 33.7 Å². The van der Waals surface area contributed by atoms with Gasteiger partial charge in [0.1, 0.15) is 50.7 Å². The standard InChI is InChI=1S/C33H49N5O8S4/c1-19(2)25-28(41)44-20(14-23(39)34-15-24-35-21(16-47-24)26-38-33(9,18-48-26)29(42)37-25)12-10-11-13-49-50-17-22(27(40)45-31(3,4)5)36-30(43)46-32(6,7)8/h10,12,16,19-20,22,25H,11,13-15,17-18H2,1-9H3,(H,34,39)(H,36,43)(H,37,42)/b12-10+/t20-,22+,25+,33+/m1/s1. The molecule has 3 rings (SSSR count). The molecule has 17 heteroatoms. The minimum atomic E-state index is -1.07. The van der Waals surface area contributed by atoms with Crippen LogP contribution in [0.15, 0.2) is 22.5 Å². The van der Waals surface area contributed by atoms with E-state index in [1.807, 2.05) is 25.3 Å². The van der Waals surface area contributed by atoms with E-state index in [4.69, 9.17) is 14.2 Å². The molecule has 3 N–H and O–H groups in total. The lowest BCUT2D eigenvalue weighted by Crippen LogP contribution is -2.53. The van der Waals surface area contributed by atoms with Crippen molar-refractivity contribution in [1.29, 1.82) is 0 Å². The Kier molecular flexibility index (Phi) is 15.1. The minimum Gasteiger partial charge on any atom is -0.458 e. The van der Waals surface area contributed by atoms with E-state index in [9.17, 15) is 24.0 Å². The number of carbonyl (C=O) groups excluding carboxylic acids is 5. The van der Waals surface area contributed by atoms with Crippen LogP contribution in [0.2, 0.25) is 0 Å². The van der Waals surface area contributed by atoms with Crippen LogP contribution >= 0.6 is 44.7 Å². The number of allylic oxidation sites excluding steroid dienone is 1. The van der Waals surface area contributed by atoms with E-state index >= 15 is 0 Å². The van der Waals surface area contributed by atoms with Gasteiger partial charge in [-0.2, -0.15) is 0 Å². The fourth-order valence-corrected chi connectivity index (χ4v) is 8.43. The van der Waals surface area contributed by atoms with Crippen LogP contribution in [-0.4, -0.2) is 92.1 Å². The summed E-state index contributed by atoms with van der Waals surface area (Å²) in [6.45, 7) is 16.0. The first kappa shape index (κ1) is 41.7. The highest BCUT2D eigenvalue weighted by molar-refractivity contribution is 8.76. The van der Waals surface area contributed by atoms with Crippen LogP contribution in [0.25, 0.3) is 0 Å². The maximum atomic E-state index is 13.4. The van der Waals surface area contributed by atoms with Gasteiger partial charge >= 0.3 is 18.0 Å². The first-order chi connectivity index (χ1) is 23.2. The third kappa shape index (κ3) is 13.8. The summed E-state index contributed by atoms with van der Waals surface area (Å²) in [5.41, 5.74) is -1.87. The van der Waals surface area contributed by atoms with Gasteiger partial charge in [0, 0.05) is 22.6 Å². The number of hydrogen-bond acceptors (Lipinski definition) is 14. The van der Waals surface area contributed by atoms with Crippen LogP contribution in [0.5, 0.6) is 0 Å². The SMILES string of the molecule is CC(C)[C@@H]1NC(=O)[C@]2(C)CSC(=N2)c2csc(n2)CNC(=O)C[C@@H](/C=C/CCSSC[C@H](NC(=O)OC(C)(C)C)C(=O)OC(C)(C)C)OC1=O. The average molecular weight is 772 g/mol. The number of carbonyl (C=O) groups is 5. The van der Waals surface area contributed by atoms with Gasteiger partial charge in [-0.15, -0.1) is 23.1 Å². The van der Waals surface area contributed by atoms with Crippen molar-refractivity contribution in [1.82, 2.24) is 20.9 Å². The number of esters is 2. The van der Waals surface area contributed by atoms with Gasteiger partial charge in [0.05, 0.1) is 13.0 Å². The van der Waals surface area contributed by atoms with E-state index in [2.05, 4.69) is 25.9 Å². The number of cyclic esters (lactones) is 1. The lowest BCUT2D eigenvalue weighted by molar-refractivity contribution is -0.157. The summed E-state index contributed by atoms with van der Waals surface area (Å²) >= 11 is 2.82. The van der Waals surface area contributed by atoms with Crippen LogP contribution in [0.3, 0.4) is 0 Å². The summed E-state index contributed by atoms with van der Waals surface area (Å²) in [6, 6.07) is -1.86. The van der Waals surface area contributed by atoms with Gasteiger partial charge in [-0.3, -0.25) is 14.6 Å². The van der Waals surface area contributed by atoms with E-state index in [1.165, 1.54) is 44.7 Å². The molecule has 0 fully saturated rings. The largest absolute Gasteiger partial charge is 0.458 e. The highest BCUT2D eigenvalue weighted by Crippen LogP contribution is 2.32. The number of rotatable bonds is 10. The van der Waals surface area contributed by atoms with Crippen molar-refractivity contribution in [2.45, 2.75) is 117 Å². The van der Waals surface area contributed by atoms with Crippen molar-refractivity contribution < 1.29 is 38.2 Å². The molecule has 4 bridgehead atoms. The first-order valence-corrected chi connectivity index (χ1v) is 20.7. The summed E-state index contributed by atoms with van der Waals surface area (Å²) in [4.78, 5) is 74.2. The predicted octanol–water partition coefficient (Wildman–Crippen LogP) is 5.03. The van der Waals surface area contributed by atoms with E-state index in [1.54, 1.807) is 54.5 Å². The van der Waals surface area contributed by atoms with E-state index < -0.39 is 53.0 Å². The number of fused-ring (bicyclic) bond motifs is 4. The maximum absolute atomic E-state index is 13.4. The maximum Gasteiger partial charge on any atom is 0.408 e. The van der Waals surface area contributed by atoms with Crippen LogP contribution in [-0.2, 0) is 39.9 Å². The van der Waals surface area contributed by atoms with E-state index in [-0.39, 0.29) is 36.5 Å². The summed E-state index contributed by atoms with van der Waals surface area (Å²) < 4.78 is 16.6. The Hall–Kier alpha value is -2.76. The van der Waals surface area contributed by atoms with Gasteiger partial charge in [-0.25, -0.2) is 19.4 Å². The summed E-state index contributed by atoms with van der Waals surface area (Å²) in [7, 11) is 2.88. The van der Waals surface area contributed by atoms with Crippen LogP contribution < -0.4 is 16.0 Å². The number of nitrogens with one attached hydrogen (secondary N) is 3. The third-order valence-corrected chi connectivity index (χ3v) is 11.4. The van der Waals surface area contributed by atoms with Crippen LogP contribution in [0.4, 0.5) is 4.79 Å². The zero-order valence-corrected chi connectivity index (χ0v) is 33.3. The lowest BCUT2D eigenvalue weighted by Gasteiger charge is -2.27. The normalized spacial score (nSPS) is 22.8. The topological polar surface area (TPSA) is 174 Å². The van der Waals surface area contributed by atoms with Crippen molar-refractivity contribution in [2.24, 2.45) is 10.9 Å². The number of alkyl carbamates (subject to hydrolysis) is 1. The summed E-state index contributed by atoms with van der Waals surface area (Å²) in [6.07, 6.45) is 2.35. The Bertz CT molecular complexity index is 1450. The number of aliphatic imine (C=N–C) groups is 1. The molecule has 0 aliphatic carbocycles. The van der Waals surface area contributed by atoms with Gasteiger partial charge in [-0.1, -0.05) is 41.5 Å². The first-order valence-electron chi connectivity index (χ1n) is 16.3. The van der Waals surface area contributed by atoms with Crippen LogP contribution in [0.1, 0.15) is 85.9 Å². The molecule has 2 aliphatic heterocycles. The van der Waals surface area contributed by atoms with Crippen molar-refractivity contribution >= 4 is 79.6 Å². The molecule has 1 aromatic rings. The summed E-state index contributed by atoms with van der Waals surface area (Å²) in [5, 5.41) is 11.5. The molecular formula is C33H49N5O8S4. The second kappa shape index (κ2) is 18.1. The Balaban J connectivity index is 1.64. The molecule has 0 unspecified atom stereocenters. The molecule has 0 aromatic carbocycles. The molecule has 0 spiro atoms. The molecular weight excluding hydrogens is 723 g/mol. The molecule has 0 saturated heterocycles. The van der Waals surface area contributed by atoms with Crippen molar-refractivity contribution in [3.8, 4) is 0 Å². The number of aromatic nitrogens is 1. The fourth-order valence-electron chi connectivity index (χ4n) is 4.36. The zero-order chi connectivity index (χ0) is 37.3. The molecule has 13 nitrogen and oxygen atoms in total. The average Bonchev–Trinajstić information content (AvgIpc) is 3.62. The highest BCUT2D eigenvalue weighted by Gasteiger charge is 2.42. The van der Waals surface area contributed by atoms with E-state index in [0.717, 1.165) is 0 Å². The third-order valence-electron chi connectivity index (χ3n) is 6.82. The van der Waals surface area contributed by atoms with Gasteiger partial charge in [-0.05, 0) is 66.9 Å². The van der Waals surface area contributed by atoms with Crippen molar-refractivity contribution in [3.63, 3.8) is 0 Å². The Morgan fingerprint density at radius 1 is 1.14 bits per heavy atom. The summed E-state index contributed by atoms with van der Waals surface area (Å²) in [5.74, 6) is -0.913. The molecule has 3 heterocycles. The zero-order valence-electron chi connectivity index (χ0n) is 30.1. The smallest absolute Gasteiger partial charge is 0.408 e. The number of ether oxygens (including phenoxy) is 3. The van der Waals surface area contributed by atoms with Gasteiger partial charge in [0.2, 0.25) is 11.8 Å². The molecule has 4 atom stereocenters. The number of amides is 3. The lowest BCUT2D eigenvalue weighted by atomic mass is 10.0. The Morgan fingerprint density at radius 2 is 1.84 bits per heavy atom. The highest BCUT2D eigenvalue weighted by atomic mass is 33.1. The van der Waals surface area contributed by atoms with Crippen molar-refractivity contribution in [2.75, 3.05) is 17.3 Å². The quantitative estimate of drug-likeness (QED) is 0.0954. The fraction of sp³-hybridized carbons (Fsp3) is 0.667. The number of thiazole rings is 1.